The summed E-state index contributed by atoms with van der Waals surface area (Å²) in [5.74, 6) is -0.461. The molecule has 0 atom stereocenters. The summed E-state index contributed by atoms with van der Waals surface area (Å²) in [6.45, 7) is 8.91. The molecule has 6 nitrogen and oxygen atoms in total. The van der Waals surface area contributed by atoms with E-state index in [-0.39, 0.29) is 34.5 Å². The largest absolute Gasteiger partial charge is 0.488 e. The van der Waals surface area contributed by atoms with E-state index in [9.17, 15) is 9.59 Å². The van der Waals surface area contributed by atoms with Crippen molar-refractivity contribution in [3.63, 3.8) is 0 Å². The van der Waals surface area contributed by atoms with E-state index >= 15 is 0 Å². The molecule has 1 rings (SSSR count). The summed E-state index contributed by atoms with van der Waals surface area (Å²) in [5, 5.41) is 0. The van der Waals surface area contributed by atoms with Crippen molar-refractivity contribution in [3.8, 4) is 11.5 Å². The molecule has 0 unspecified atom stereocenters. The number of carbonyl (C=O) groups excluding carboxylic acids is 2. The SMILES string of the molecule is CCCCOc1c(C(=O)OCC)sc(C(=O)OCC)c1OCCCC. The summed E-state index contributed by atoms with van der Waals surface area (Å²) in [5.41, 5.74) is 0. The summed E-state index contributed by atoms with van der Waals surface area (Å²) in [6.07, 6.45) is 3.58. The van der Waals surface area contributed by atoms with E-state index in [1.54, 1.807) is 13.8 Å². The van der Waals surface area contributed by atoms with Gasteiger partial charge in [-0.05, 0) is 26.7 Å². The Hall–Kier alpha value is -1.76. The molecule has 0 radical (unpaired) electrons. The van der Waals surface area contributed by atoms with Crippen molar-refractivity contribution in [1.82, 2.24) is 0 Å². The molecule has 7 heteroatoms. The first kappa shape index (κ1) is 21.3. The minimum atomic E-state index is -0.519. The summed E-state index contributed by atoms with van der Waals surface area (Å²) >= 11 is 0.999. The first-order chi connectivity index (χ1) is 12.1. The zero-order chi connectivity index (χ0) is 18.7. The molecule has 0 amide bonds. The molecule has 25 heavy (non-hydrogen) atoms. The smallest absolute Gasteiger partial charge is 0.352 e. The topological polar surface area (TPSA) is 71.1 Å². The third-order valence-electron chi connectivity index (χ3n) is 3.23. The Kier molecular flexibility index (Phi) is 9.99. The number of hydrogen-bond donors (Lipinski definition) is 0. The Morgan fingerprint density at radius 1 is 0.760 bits per heavy atom. The molecule has 0 bridgehead atoms. The molecule has 0 aromatic carbocycles. The van der Waals surface area contributed by atoms with Crippen molar-refractivity contribution in [3.05, 3.63) is 9.75 Å². The molecule has 0 fully saturated rings. The first-order valence-electron chi connectivity index (χ1n) is 8.87. The van der Waals surface area contributed by atoms with Gasteiger partial charge in [0.2, 0.25) is 0 Å². The molecule has 0 aliphatic heterocycles. The van der Waals surface area contributed by atoms with Gasteiger partial charge in [-0.3, -0.25) is 0 Å². The van der Waals surface area contributed by atoms with Gasteiger partial charge >= 0.3 is 11.9 Å². The number of unbranched alkanes of at least 4 members (excludes halogenated alkanes) is 2. The molecule has 1 heterocycles. The van der Waals surface area contributed by atoms with Crippen LogP contribution in [0.25, 0.3) is 0 Å². The normalized spacial score (nSPS) is 10.4. The van der Waals surface area contributed by atoms with Crippen LogP contribution in [-0.4, -0.2) is 38.4 Å². The lowest BCUT2D eigenvalue weighted by atomic mass is 10.3. The second-order valence-electron chi connectivity index (χ2n) is 5.26. The van der Waals surface area contributed by atoms with Gasteiger partial charge in [-0.25, -0.2) is 9.59 Å². The average Bonchev–Trinajstić information content (AvgIpc) is 2.95. The van der Waals surface area contributed by atoms with Crippen LogP contribution in [0.2, 0.25) is 0 Å². The molecule has 0 saturated carbocycles. The van der Waals surface area contributed by atoms with Crippen molar-refractivity contribution < 1.29 is 28.5 Å². The van der Waals surface area contributed by atoms with Crippen LogP contribution in [0.5, 0.6) is 11.5 Å². The lowest BCUT2D eigenvalue weighted by molar-refractivity contribution is 0.0516. The predicted octanol–water partition coefficient (Wildman–Crippen LogP) is 4.46. The van der Waals surface area contributed by atoms with Crippen LogP contribution >= 0.6 is 11.3 Å². The van der Waals surface area contributed by atoms with Gasteiger partial charge in [0, 0.05) is 0 Å². The van der Waals surface area contributed by atoms with Crippen LogP contribution < -0.4 is 9.47 Å². The van der Waals surface area contributed by atoms with E-state index in [4.69, 9.17) is 18.9 Å². The lowest BCUT2D eigenvalue weighted by Gasteiger charge is -2.11. The average molecular weight is 372 g/mol. The molecule has 0 N–H and O–H groups in total. The molecule has 0 spiro atoms. The van der Waals surface area contributed by atoms with Gasteiger partial charge < -0.3 is 18.9 Å². The highest BCUT2D eigenvalue weighted by atomic mass is 32.1. The quantitative estimate of drug-likeness (QED) is 0.398. The predicted molar refractivity (Wildman–Crippen MR) is 97.0 cm³/mol. The molecule has 1 aromatic heterocycles. The van der Waals surface area contributed by atoms with Crippen LogP contribution in [0, 0.1) is 0 Å². The van der Waals surface area contributed by atoms with E-state index in [2.05, 4.69) is 0 Å². The van der Waals surface area contributed by atoms with E-state index in [1.165, 1.54) is 0 Å². The monoisotopic (exact) mass is 372 g/mol. The standard InChI is InChI=1S/C18H28O6S/c1-5-9-11-23-13-14(24-12-10-6-2)16(18(20)22-8-4)25-15(13)17(19)21-7-3/h5-12H2,1-4H3. The first-order valence-corrected chi connectivity index (χ1v) is 9.68. The van der Waals surface area contributed by atoms with Gasteiger partial charge in [-0.2, -0.15) is 0 Å². The van der Waals surface area contributed by atoms with Gasteiger partial charge in [0.15, 0.2) is 21.3 Å². The Morgan fingerprint density at radius 2 is 1.16 bits per heavy atom. The highest BCUT2D eigenvalue weighted by molar-refractivity contribution is 7.16. The van der Waals surface area contributed by atoms with Crippen molar-refractivity contribution in [2.24, 2.45) is 0 Å². The number of esters is 2. The van der Waals surface area contributed by atoms with Gasteiger partial charge in [-0.15, -0.1) is 11.3 Å². The summed E-state index contributed by atoms with van der Waals surface area (Å²) in [4.78, 5) is 25.0. The van der Waals surface area contributed by atoms with Crippen molar-refractivity contribution in [2.45, 2.75) is 53.4 Å². The Bertz CT molecular complexity index is 506. The fraction of sp³-hybridized carbons (Fsp3) is 0.667. The third-order valence-corrected chi connectivity index (χ3v) is 4.35. The maximum atomic E-state index is 12.3. The van der Waals surface area contributed by atoms with Crippen molar-refractivity contribution in [1.29, 1.82) is 0 Å². The van der Waals surface area contributed by atoms with Gasteiger partial charge in [0.05, 0.1) is 26.4 Å². The molecular formula is C18H28O6S. The Labute approximate surface area is 153 Å². The minimum Gasteiger partial charge on any atom is -0.488 e. The van der Waals surface area contributed by atoms with Crippen molar-refractivity contribution in [2.75, 3.05) is 26.4 Å². The van der Waals surface area contributed by atoms with Crippen LogP contribution in [0.4, 0.5) is 0 Å². The van der Waals surface area contributed by atoms with Crippen LogP contribution in [0.1, 0.15) is 72.7 Å². The fourth-order valence-electron chi connectivity index (χ4n) is 1.96. The zero-order valence-corrected chi connectivity index (χ0v) is 16.3. The number of rotatable bonds is 12. The van der Waals surface area contributed by atoms with Gasteiger partial charge in [0.25, 0.3) is 0 Å². The van der Waals surface area contributed by atoms with E-state index in [1.807, 2.05) is 13.8 Å². The lowest BCUT2D eigenvalue weighted by Crippen LogP contribution is -2.08. The van der Waals surface area contributed by atoms with Crippen LogP contribution in [0.3, 0.4) is 0 Å². The van der Waals surface area contributed by atoms with Gasteiger partial charge in [0.1, 0.15) is 0 Å². The Morgan fingerprint density at radius 3 is 1.48 bits per heavy atom. The summed E-state index contributed by atoms with van der Waals surface area (Å²) in [7, 11) is 0. The number of carbonyl (C=O) groups is 2. The zero-order valence-electron chi connectivity index (χ0n) is 15.5. The molecule has 142 valence electrons. The van der Waals surface area contributed by atoms with E-state index < -0.39 is 11.9 Å². The second-order valence-corrected chi connectivity index (χ2v) is 6.28. The maximum absolute atomic E-state index is 12.3. The highest BCUT2D eigenvalue weighted by Gasteiger charge is 2.30. The Balaban J connectivity index is 3.25. The molecular weight excluding hydrogens is 344 g/mol. The summed E-state index contributed by atoms with van der Waals surface area (Å²) < 4.78 is 21.8. The molecule has 0 saturated heterocycles. The van der Waals surface area contributed by atoms with E-state index in [0.29, 0.717) is 13.2 Å². The fourth-order valence-corrected chi connectivity index (χ4v) is 2.94. The molecule has 1 aromatic rings. The van der Waals surface area contributed by atoms with Crippen LogP contribution in [-0.2, 0) is 9.47 Å². The second kappa shape index (κ2) is 11.7. The summed E-state index contributed by atoms with van der Waals surface area (Å²) in [6, 6.07) is 0. The number of ether oxygens (including phenoxy) is 4. The molecule has 0 aliphatic rings. The van der Waals surface area contributed by atoms with Crippen LogP contribution in [0.15, 0.2) is 0 Å². The highest BCUT2D eigenvalue weighted by Crippen LogP contribution is 2.43. The maximum Gasteiger partial charge on any atom is 0.352 e. The number of hydrogen-bond acceptors (Lipinski definition) is 7. The number of thiophene rings is 1. The van der Waals surface area contributed by atoms with Crippen molar-refractivity contribution >= 4 is 23.3 Å². The minimum absolute atomic E-state index is 0.242. The molecule has 0 aliphatic carbocycles. The van der Waals surface area contributed by atoms with Gasteiger partial charge in [-0.1, -0.05) is 26.7 Å². The van der Waals surface area contributed by atoms with E-state index in [0.717, 1.165) is 37.0 Å². The third kappa shape index (κ3) is 6.23.